The first-order valence-electron chi connectivity index (χ1n) is 6.67. The lowest BCUT2D eigenvalue weighted by Gasteiger charge is -2.38. The van der Waals surface area contributed by atoms with Crippen LogP contribution in [0.25, 0.3) is 0 Å². The van der Waals surface area contributed by atoms with E-state index in [-0.39, 0.29) is 22.1 Å². The molecule has 1 heterocycles. The van der Waals surface area contributed by atoms with Crippen LogP contribution in [0.1, 0.15) is 37.0 Å². The van der Waals surface area contributed by atoms with Crippen LogP contribution in [0.15, 0.2) is 22.7 Å². The highest BCUT2D eigenvalue weighted by Gasteiger charge is 2.31. The van der Waals surface area contributed by atoms with E-state index in [0.717, 1.165) is 12.8 Å². The summed E-state index contributed by atoms with van der Waals surface area (Å²) in [6.07, 6.45) is 2.09. The van der Waals surface area contributed by atoms with E-state index in [9.17, 15) is 14.9 Å². The second-order valence-electron chi connectivity index (χ2n) is 5.25. The summed E-state index contributed by atoms with van der Waals surface area (Å²) in [6.45, 7) is 4.87. The zero-order chi connectivity index (χ0) is 14.9. The predicted molar refractivity (Wildman–Crippen MR) is 79.7 cm³/mol. The number of nitrogens with zero attached hydrogens (tertiary/aromatic N) is 2. The van der Waals surface area contributed by atoms with Gasteiger partial charge in [-0.1, -0.05) is 13.0 Å². The summed E-state index contributed by atoms with van der Waals surface area (Å²) in [5, 5.41) is 10.9. The number of rotatable bonds is 2. The summed E-state index contributed by atoms with van der Waals surface area (Å²) in [6, 6.07) is 4.73. The largest absolute Gasteiger partial charge is 0.336 e. The number of hydrogen-bond donors (Lipinski definition) is 0. The van der Waals surface area contributed by atoms with Gasteiger partial charge in [0.25, 0.3) is 11.6 Å². The van der Waals surface area contributed by atoms with Crippen molar-refractivity contribution < 1.29 is 9.72 Å². The SMILES string of the molecule is CC1CCCN(C(=O)c2cccc([N+](=O)[O-])c2Br)C1C. The van der Waals surface area contributed by atoms with Crippen LogP contribution in [-0.4, -0.2) is 28.3 Å². The molecule has 0 aliphatic carbocycles. The van der Waals surface area contributed by atoms with Crippen molar-refractivity contribution in [2.45, 2.75) is 32.7 Å². The molecular formula is C14H17BrN2O3. The molecule has 0 spiro atoms. The molecule has 0 N–H and O–H groups in total. The molecule has 1 amide bonds. The van der Waals surface area contributed by atoms with E-state index in [1.54, 1.807) is 12.1 Å². The van der Waals surface area contributed by atoms with E-state index in [0.29, 0.717) is 18.0 Å². The van der Waals surface area contributed by atoms with Gasteiger partial charge >= 0.3 is 0 Å². The molecule has 1 aromatic rings. The fourth-order valence-corrected chi connectivity index (χ4v) is 3.18. The average molecular weight is 341 g/mol. The number of carbonyl (C=O) groups is 1. The van der Waals surface area contributed by atoms with Crippen molar-refractivity contribution in [3.05, 3.63) is 38.3 Å². The molecule has 1 aliphatic heterocycles. The van der Waals surface area contributed by atoms with E-state index >= 15 is 0 Å². The van der Waals surface area contributed by atoms with Crippen LogP contribution in [0, 0.1) is 16.0 Å². The number of halogens is 1. The minimum Gasteiger partial charge on any atom is -0.336 e. The van der Waals surface area contributed by atoms with Crippen LogP contribution in [0.5, 0.6) is 0 Å². The van der Waals surface area contributed by atoms with Gasteiger partial charge in [0.15, 0.2) is 0 Å². The van der Waals surface area contributed by atoms with Crippen molar-refractivity contribution in [2.24, 2.45) is 5.92 Å². The Kier molecular flexibility index (Phi) is 4.42. The second-order valence-corrected chi connectivity index (χ2v) is 6.05. The van der Waals surface area contributed by atoms with Crippen molar-refractivity contribution in [3.63, 3.8) is 0 Å². The predicted octanol–water partition coefficient (Wildman–Crippen LogP) is 3.62. The van der Waals surface area contributed by atoms with Crippen LogP contribution in [-0.2, 0) is 0 Å². The van der Waals surface area contributed by atoms with Crippen LogP contribution in [0.3, 0.4) is 0 Å². The van der Waals surface area contributed by atoms with Gasteiger partial charge in [0, 0.05) is 18.7 Å². The standard InChI is InChI=1S/C14H17BrN2O3/c1-9-5-4-8-16(10(9)2)14(18)11-6-3-7-12(13(11)15)17(19)20/h3,6-7,9-10H,4-5,8H2,1-2H3. The minimum atomic E-state index is -0.483. The Morgan fingerprint density at radius 3 is 2.80 bits per heavy atom. The number of hydrogen-bond acceptors (Lipinski definition) is 3. The lowest BCUT2D eigenvalue weighted by Crippen LogP contribution is -2.46. The molecule has 2 rings (SSSR count). The Morgan fingerprint density at radius 2 is 2.15 bits per heavy atom. The number of nitro benzene ring substituents is 1. The molecule has 6 heteroatoms. The summed E-state index contributed by atoms with van der Waals surface area (Å²) in [5.41, 5.74) is 0.286. The van der Waals surface area contributed by atoms with Crippen molar-refractivity contribution in [1.29, 1.82) is 0 Å². The third-order valence-corrected chi connectivity index (χ3v) is 4.87. The van der Waals surface area contributed by atoms with Gasteiger partial charge in [0.2, 0.25) is 0 Å². The van der Waals surface area contributed by atoms with Gasteiger partial charge in [-0.25, -0.2) is 0 Å². The van der Waals surface area contributed by atoms with Crippen LogP contribution in [0.2, 0.25) is 0 Å². The first kappa shape index (κ1) is 15.0. The summed E-state index contributed by atoms with van der Waals surface area (Å²) in [7, 11) is 0. The van der Waals surface area contributed by atoms with Crippen LogP contribution < -0.4 is 0 Å². The molecule has 0 bridgehead atoms. The molecule has 0 radical (unpaired) electrons. The Morgan fingerprint density at radius 1 is 1.45 bits per heavy atom. The maximum Gasteiger partial charge on any atom is 0.284 e. The molecule has 5 nitrogen and oxygen atoms in total. The van der Waals surface area contributed by atoms with Gasteiger partial charge in [0.05, 0.1) is 10.5 Å². The highest BCUT2D eigenvalue weighted by molar-refractivity contribution is 9.10. The monoisotopic (exact) mass is 340 g/mol. The molecule has 1 aromatic carbocycles. The molecule has 0 aromatic heterocycles. The molecule has 1 fully saturated rings. The molecule has 2 atom stereocenters. The zero-order valence-electron chi connectivity index (χ0n) is 11.5. The molecule has 1 saturated heterocycles. The quantitative estimate of drug-likeness (QED) is 0.610. The van der Waals surface area contributed by atoms with Crippen molar-refractivity contribution >= 4 is 27.5 Å². The maximum absolute atomic E-state index is 12.6. The average Bonchev–Trinajstić information content (AvgIpc) is 2.41. The molecule has 2 unspecified atom stereocenters. The van der Waals surface area contributed by atoms with Crippen molar-refractivity contribution in [2.75, 3.05) is 6.54 Å². The third-order valence-electron chi connectivity index (χ3n) is 4.04. The molecule has 1 aliphatic rings. The number of likely N-dealkylation sites (tertiary alicyclic amines) is 1. The molecular weight excluding hydrogens is 324 g/mol. The smallest absolute Gasteiger partial charge is 0.284 e. The minimum absolute atomic E-state index is 0.0754. The zero-order valence-corrected chi connectivity index (χ0v) is 13.1. The number of benzene rings is 1. The highest BCUT2D eigenvalue weighted by Crippen LogP contribution is 2.31. The number of nitro groups is 1. The van der Waals surface area contributed by atoms with Gasteiger partial charge in [-0.05, 0) is 47.7 Å². The Balaban J connectivity index is 2.34. The molecule has 108 valence electrons. The number of piperidine rings is 1. The topological polar surface area (TPSA) is 63.5 Å². The van der Waals surface area contributed by atoms with E-state index in [1.807, 2.05) is 11.8 Å². The number of carbonyl (C=O) groups excluding carboxylic acids is 1. The highest BCUT2D eigenvalue weighted by atomic mass is 79.9. The lowest BCUT2D eigenvalue weighted by molar-refractivity contribution is -0.385. The van der Waals surface area contributed by atoms with Crippen LogP contribution in [0.4, 0.5) is 5.69 Å². The Hall–Kier alpha value is -1.43. The fraction of sp³-hybridized carbons (Fsp3) is 0.500. The first-order valence-corrected chi connectivity index (χ1v) is 7.46. The lowest BCUT2D eigenvalue weighted by atomic mass is 9.91. The van der Waals surface area contributed by atoms with Crippen LogP contribution >= 0.6 is 15.9 Å². The van der Waals surface area contributed by atoms with Gasteiger partial charge < -0.3 is 4.90 Å². The number of amides is 1. The maximum atomic E-state index is 12.6. The van der Waals surface area contributed by atoms with Gasteiger partial charge in [-0.15, -0.1) is 0 Å². The van der Waals surface area contributed by atoms with Crippen molar-refractivity contribution in [1.82, 2.24) is 4.90 Å². The normalized spacial score (nSPS) is 22.6. The van der Waals surface area contributed by atoms with E-state index in [4.69, 9.17) is 0 Å². The summed E-state index contributed by atoms with van der Waals surface area (Å²) < 4.78 is 0.264. The van der Waals surface area contributed by atoms with Gasteiger partial charge in [-0.3, -0.25) is 14.9 Å². The van der Waals surface area contributed by atoms with E-state index < -0.39 is 4.92 Å². The summed E-state index contributed by atoms with van der Waals surface area (Å²) in [5.74, 6) is 0.310. The summed E-state index contributed by atoms with van der Waals surface area (Å²) >= 11 is 3.19. The van der Waals surface area contributed by atoms with Gasteiger partial charge in [0.1, 0.15) is 4.47 Å². The molecule has 20 heavy (non-hydrogen) atoms. The van der Waals surface area contributed by atoms with Crippen molar-refractivity contribution in [3.8, 4) is 0 Å². The second kappa shape index (κ2) is 5.91. The third kappa shape index (κ3) is 2.70. The van der Waals surface area contributed by atoms with E-state index in [1.165, 1.54) is 6.07 Å². The van der Waals surface area contributed by atoms with E-state index in [2.05, 4.69) is 22.9 Å². The Labute approximate surface area is 126 Å². The summed E-state index contributed by atoms with van der Waals surface area (Å²) in [4.78, 5) is 24.9. The van der Waals surface area contributed by atoms with Gasteiger partial charge in [-0.2, -0.15) is 0 Å². The fourth-order valence-electron chi connectivity index (χ4n) is 2.60. The molecule has 0 saturated carbocycles. The first-order chi connectivity index (χ1) is 9.43. The Bertz CT molecular complexity index is 547.